The summed E-state index contributed by atoms with van der Waals surface area (Å²) in [6, 6.07) is -0.374. The third-order valence-electron chi connectivity index (χ3n) is 3.95. The second-order valence-electron chi connectivity index (χ2n) is 5.31. The van der Waals surface area contributed by atoms with E-state index in [9.17, 15) is 14.7 Å². The maximum atomic E-state index is 12.4. The Hall–Kier alpha value is -1.14. The number of hydrogen-bond donors (Lipinski definition) is 2. The van der Waals surface area contributed by atoms with Gasteiger partial charge in [0.25, 0.3) is 0 Å². The van der Waals surface area contributed by atoms with Gasteiger partial charge in [-0.25, -0.2) is 0 Å². The van der Waals surface area contributed by atoms with E-state index in [1.54, 1.807) is 4.90 Å². The number of carbonyl (C=O) groups is 2. The van der Waals surface area contributed by atoms with Gasteiger partial charge in [-0.2, -0.15) is 0 Å². The largest absolute Gasteiger partial charge is 0.469 e. The van der Waals surface area contributed by atoms with Crippen molar-refractivity contribution < 1.29 is 19.4 Å². The maximum absolute atomic E-state index is 12.4. The number of aliphatic hydroxyl groups excluding tert-OH is 1. The lowest BCUT2D eigenvalue weighted by Gasteiger charge is -2.36. The third-order valence-corrected chi connectivity index (χ3v) is 3.95. The Morgan fingerprint density at radius 1 is 1.42 bits per heavy atom. The van der Waals surface area contributed by atoms with E-state index in [1.165, 1.54) is 7.11 Å². The number of methoxy groups -OCH3 is 1. The number of β-amino-alcohol motifs (C(OH)–C–C–N with tert-alkyl or cyclic N) is 1. The molecule has 0 aromatic rings. The zero-order chi connectivity index (χ0) is 13.8. The van der Waals surface area contributed by atoms with Crippen molar-refractivity contribution in [2.75, 3.05) is 20.2 Å². The van der Waals surface area contributed by atoms with Crippen LogP contribution in [0.5, 0.6) is 0 Å². The number of carbonyl (C=O) groups excluding carboxylic acids is 2. The molecule has 1 amide bonds. The molecule has 2 saturated heterocycles. The van der Waals surface area contributed by atoms with Crippen LogP contribution >= 0.6 is 0 Å². The van der Waals surface area contributed by atoms with Crippen molar-refractivity contribution in [3.63, 3.8) is 0 Å². The van der Waals surface area contributed by atoms with Crippen LogP contribution in [0.4, 0.5) is 0 Å². The molecule has 0 bridgehead atoms. The standard InChI is InChI=1S/C13H22N2O4/c1-19-12(17)6-9-4-2-3-5-15(9)13(18)11-7-10(16)8-14-11/h9-11,14,16H,2-8H2,1H3. The highest BCUT2D eigenvalue weighted by Gasteiger charge is 2.36. The van der Waals surface area contributed by atoms with Gasteiger partial charge >= 0.3 is 5.97 Å². The lowest BCUT2D eigenvalue weighted by molar-refractivity contribution is -0.145. The van der Waals surface area contributed by atoms with Crippen molar-refractivity contribution in [2.24, 2.45) is 0 Å². The molecule has 2 rings (SSSR count). The first-order chi connectivity index (χ1) is 9.11. The highest BCUT2D eigenvalue weighted by molar-refractivity contribution is 5.83. The Bertz CT molecular complexity index is 348. The number of hydrogen-bond acceptors (Lipinski definition) is 5. The number of nitrogens with zero attached hydrogens (tertiary/aromatic N) is 1. The average molecular weight is 270 g/mol. The predicted molar refractivity (Wildman–Crippen MR) is 68.4 cm³/mol. The summed E-state index contributed by atoms with van der Waals surface area (Å²) in [7, 11) is 1.37. The summed E-state index contributed by atoms with van der Waals surface area (Å²) in [5, 5.41) is 12.5. The van der Waals surface area contributed by atoms with Crippen LogP contribution in [0.15, 0.2) is 0 Å². The molecule has 0 spiro atoms. The van der Waals surface area contributed by atoms with E-state index >= 15 is 0 Å². The predicted octanol–water partition coefficient (Wildman–Crippen LogP) is -0.347. The summed E-state index contributed by atoms with van der Waals surface area (Å²) in [5.74, 6) is -0.269. The van der Waals surface area contributed by atoms with Gasteiger partial charge in [0, 0.05) is 19.1 Å². The topological polar surface area (TPSA) is 78.9 Å². The van der Waals surface area contributed by atoms with E-state index in [0.717, 1.165) is 19.3 Å². The van der Waals surface area contributed by atoms with Gasteiger partial charge < -0.3 is 20.1 Å². The fourth-order valence-corrected chi connectivity index (χ4v) is 2.88. The molecule has 0 radical (unpaired) electrons. The van der Waals surface area contributed by atoms with E-state index in [0.29, 0.717) is 19.5 Å². The van der Waals surface area contributed by atoms with Gasteiger partial charge in [-0.05, 0) is 25.7 Å². The van der Waals surface area contributed by atoms with Crippen LogP contribution in [0.3, 0.4) is 0 Å². The Labute approximate surface area is 113 Å². The molecule has 19 heavy (non-hydrogen) atoms. The number of amides is 1. The first kappa shape index (κ1) is 14.3. The van der Waals surface area contributed by atoms with Crippen LogP contribution in [-0.2, 0) is 14.3 Å². The second kappa shape index (κ2) is 6.34. The van der Waals surface area contributed by atoms with Gasteiger partial charge in [-0.3, -0.25) is 9.59 Å². The molecule has 108 valence electrons. The molecule has 2 aliphatic heterocycles. The Balaban J connectivity index is 1.98. The monoisotopic (exact) mass is 270 g/mol. The number of aliphatic hydroxyl groups is 1. The maximum Gasteiger partial charge on any atom is 0.307 e. The van der Waals surface area contributed by atoms with E-state index in [4.69, 9.17) is 4.74 Å². The molecular formula is C13H22N2O4. The van der Waals surface area contributed by atoms with Crippen LogP contribution in [0.1, 0.15) is 32.1 Å². The molecule has 2 heterocycles. The Kier molecular flexibility index (Phi) is 4.76. The fourth-order valence-electron chi connectivity index (χ4n) is 2.88. The highest BCUT2D eigenvalue weighted by atomic mass is 16.5. The van der Waals surface area contributed by atoms with E-state index < -0.39 is 6.10 Å². The van der Waals surface area contributed by atoms with E-state index in [1.807, 2.05) is 0 Å². The molecule has 2 aliphatic rings. The van der Waals surface area contributed by atoms with Crippen LogP contribution in [0.2, 0.25) is 0 Å². The van der Waals surface area contributed by atoms with E-state index in [-0.39, 0.29) is 30.4 Å². The molecule has 6 nitrogen and oxygen atoms in total. The number of nitrogens with one attached hydrogen (secondary N) is 1. The molecule has 2 N–H and O–H groups in total. The minimum Gasteiger partial charge on any atom is -0.469 e. The number of rotatable bonds is 3. The van der Waals surface area contributed by atoms with Crippen LogP contribution < -0.4 is 5.32 Å². The third kappa shape index (κ3) is 3.45. The zero-order valence-electron chi connectivity index (χ0n) is 11.3. The van der Waals surface area contributed by atoms with Gasteiger partial charge in [0.05, 0.1) is 25.7 Å². The molecule has 2 fully saturated rings. The summed E-state index contributed by atoms with van der Waals surface area (Å²) < 4.78 is 4.69. The quantitative estimate of drug-likeness (QED) is 0.686. The smallest absolute Gasteiger partial charge is 0.307 e. The molecule has 3 atom stereocenters. The lowest BCUT2D eigenvalue weighted by Crippen LogP contribution is -2.51. The van der Waals surface area contributed by atoms with Gasteiger partial charge in [0.1, 0.15) is 0 Å². The molecule has 6 heteroatoms. The number of piperidine rings is 1. The lowest BCUT2D eigenvalue weighted by atomic mass is 9.98. The molecule has 3 unspecified atom stereocenters. The minimum atomic E-state index is -0.446. The average Bonchev–Trinajstić information content (AvgIpc) is 2.85. The molecule has 0 saturated carbocycles. The fraction of sp³-hybridized carbons (Fsp3) is 0.846. The van der Waals surface area contributed by atoms with Crippen molar-refractivity contribution in [1.82, 2.24) is 10.2 Å². The summed E-state index contributed by atoms with van der Waals surface area (Å²) in [6.07, 6.45) is 3.12. The normalized spacial score (nSPS) is 31.3. The van der Waals surface area contributed by atoms with Crippen molar-refractivity contribution in [3.8, 4) is 0 Å². The second-order valence-corrected chi connectivity index (χ2v) is 5.31. The van der Waals surface area contributed by atoms with Crippen molar-refractivity contribution in [3.05, 3.63) is 0 Å². The number of ether oxygens (including phenoxy) is 1. The molecule has 0 aromatic carbocycles. The number of esters is 1. The Morgan fingerprint density at radius 3 is 2.84 bits per heavy atom. The van der Waals surface area contributed by atoms with Crippen LogP contribution in [0.25, 0.3) is 0 Å². The molecule has 0 aliphatic carbocycles. The van der Waals surface area contributed by atoms with E-state index in [2.05, 4.69) is 5.32 Å². The van der Waals surface area contributed by atoms with Crippen molar-refractivity contribution in [1.29, 1.82) is 0 Å². The summed E-state index contributed by atoms with van der Waals surface area (Å²) in [4.78, 5) is 25.6. The zero-order valence-corrected chi connectivity index (χ0v) is 11.3. The van der Waals surface area contributed by atoms with Gasteiger partial charge in [0.2, 0.25) is 5.91 Å². The highest BCUT2D eigenvalue weighted by Crippen LogP contribution is 2.22. The summed E-state index contributed by atoms with van der Waals surface area (Å²) in [5.41, 5.74) is 0. The summed E-state index contributed by atoms with van der Waals surface area (Å²) in [6.45, 7) is 1.15. The van der Waals surface area contributed by atoms with Crippen molar-refractivity contribution >= 4 is 11.9 Å². The molecule has 0 aromatic heterocycles. The SMILES string of the molecule is COC(=O)CC1CCCCN1C(=O)C1CC(O)CN1. The van der Waals surface area contributed by atoms with Crippen molar-refractivity contribution in [2.45, 2.75) is 50.3 Å². The van der Waals surface area contributed by atoms with Crippen LogP contribution in [-0.4, -0.2) is 60.3 Å². The minimum absolute atomic E-state index is 0.00477. The van der Waals surface area contributed by atoms with Gasteiger partial charge in [-0.1, -0.05) is 0 Å². The Morgan fingerprint density at radius 2 is 2.21 bits per heavy atom. The first-order valence-corrected chi connectivity index (χ1v) is 6.90. The van der Waals surface area contributed by atoms with Gasteiger partial charge in [0.15, 0.2) is 0 Å². The van der Waals surface area contributed by atoms with Gasteiger partial charge in [-0.15, -0.1) is 0 Å². The molecular weight excluding hydrogens is 248 g/mol. The number of likely N-dealkylation sites (tertiary alicyclic amines) is 1. The van der Waals surface area contributed by atoms with Crippen LogP contribution in [0, 0.1) is 0 Å². The summed E-state index contributed by atoms with van der Waals surface area (Å²) >= 11 is 0. The first-order valence-electron chi connectivity index (χ1n) is 6.90.